The molecule has 8 heteroatoms. The van der Waals surface area contributed by atoms with Crippen LogP contribution in [0.4, 0.5) is 4.39 Å². The summed E-state index contributed by atoms with van der Waals surface area (Å²) in [6.07, 6.45) is 1.86. The molecule has 0 aliphatic carbocycles. The molecular formula is C18H15BrFN3O3. The molecule has 134 valence electrons. The fourth-order valence-electron chi connectivity index (χ4n) is 2.41. The summed E-state index contributed by atoms with van der Waals surface area (Å²) in [7, 11) is 0. The zero-order chi connectivity index (χ0) is 18.5. The zero-order valence-corrected chi connectivity index (χ0v) is 15.1. The van der Waals surface area contributed by atoms with Crippen molar-refractivity contribution in [1.29, 1.82) is 0 Å². The van der Waals surface area contributed by atoms with E-state index in [1.54, 1.807) is 12.3 Å². The van der Waals surface area contributed by atoms with Crippen LogP contribution in [-0.4, -0.2) is 23.4 Å². The van der Waals surface area contributed by atoms with Crippen molar-refractivity contribution in [2.45, 2.75) is 6.42 Å². The molecule has 0 radical (unpaired) electrons. The number of para-hydroxylation sites is 1. The van der Waals surface area contributed by atoms with Gasteiger partial charge in [-0.1, -0.05) is 34.1 Å². The number of benzene rings is 2. The van der Waals surface area contributed by atoms with Crippen molar-refractivity contribution < 1.29 is 18.7 Å². The maximum atomic E-state index is 13.6. The highest BCUT2D eigenvalue weighted by Gasteiger charge is 2.11. The number of aromatic nitrogens is 1. The Morgan fingerprint density at radius 1 is 1.12 bits per heavy atom. The number of carbonyl (C=O) groups excluding carboxylic acids is 2. The van der Waals surface area contributed by atoms with E-state index < -0.39 is 18.3 Å². The minimum atomic E-state index is -0.598. The van der Waals surface area contributed by atoms with Crippen molar-refractivity contribution in [3.63, 3.8) is 0 Å². The number of amides is 2. The third-order valence-corrected chi connectivity index (χ3v) is 4.11. The Labute approximate surface area is 156 Å². The van der Waals surface area contributed by atoms with Gasteiger partial charge < -0.3 is 9.72 Å². The number of rotatable bonds is 5. The van der Waals surface area contributed by atoms with Crippen molar-refractivity contribution in [3.8, 4) is 5.75 Å². The fourth-order valence-corrected chi connectivity index (χ4v) is 2.74. The van der Waals surface area contributed by atoms with Crippen LogP contribution in [0, 0.1) is 5.82 Å². The highest BCUT2D eigenvalue weighted by atomic mass is 79.9. The highest BCUT2D eigenvalue weighted by Crippen LogP contribution is 2.21. The number of hydrazine groups is 1. The highest BCUT2D eigenvalue weighted by molar-refractivity contribution is 9.10. The van der Waals surface area contributed by atoms with Crippen LogP contribution in [0.15, 0.2) is 53.1 Å². The molecule has 1 aromatic heterocycles. The van der Waals surface area contributed by atoms with Gasteiger partial charge in [-0.2, -0.15) is 0 Å². The van der Waals surface area contributed by atoms with Gasteiger partial charge in [0.1, 0.15) is 0 Å². The van der Waals surface area contributed by atoms with Crippen LogP contribution in [-0.2, 0) is 16.0 Å². The monoisotopic (exact) mass is 419 g/mol. The van der Waals surface area contributed by atoms with Crippen molar-refractivity contribution in [2.75, 3.05) is 6.61 Å². The first-order chi connectivity index (χ1) is 12.5. The maximum Gasteiger partial charge on any atom is 0.276 e. The van der Waals surface area contributed by atoms with E-state index in [0.29, 0.717) is 4.47 Å². The fraction of sp³-hybridized carbons (Fsp3) is 0.111. The first kappa shape index (κ1) is 17.9. The molecule has 2 aromatic carbocycles. The van der Waals surface area contributed by atoms with E-state index in [9.17, 15) is 14.0 Å². The van der Waals surface area contributed by atoms with Gasteiger partial charge in [-0.05, 0) is 29.8 Å². The molecule has 0 aliphatic rings. The molecule has 0 aliphatic heterocycles. The minimum absolute atomic E-state index is 0.0477. The number of halogens is 2. The van der Waals surface area contributed by atoms with Crippen LogP contribution < -0.4 is 15.6 Å². The summed E-state index contributed by atoms with van der Waals surface area (Å²) < 4.78 is 19.2. The number of hydrogen-bond acceptors (Lipinski definition) is 3. The molecule has 2 amide bonds. The lowest BCUT2D eigenvalue weighted by atomic mass is 10.1. The molecular weight excluding hydrogens is 405 g/mol. The number of nitrogens with one attached hydrogen (secondary N) is 3. The van der Waals surface area contributed by atoms with E-state index in [1.807, 2.05) is 24.3 Å². The molecule has 3 aromatic rings. The average Bonchev–Trinajstić information content (AvgIpc) is 3.02. The van der Waals surface area contributed by atoms with E-state index in [2.05, 4.69) is 31.8 Å². The van der Waals surface area contributed by atoms with Gasteiger partial charge in [-0.25, -0.2) is 4.39 Å². The standard InChI is InChI=1S/C18H15BrFN3O3/c19-12-5-6-16(14(20)8-12)26-10-18(25)23-22-17(24)7-11-9-21-15-4-2-1-3-13(11)15/h1-6,8-9,21H,7,10H2,(H,22,24)(H,23,25). The Kier molecular flexibility index (Phi) is 5.52. The lowest BCUT2D eigenvalue weighted by molar-refractivity contribution is -0.129. The zero-order valence-electron chi connectivity index (χ0n) is 13.5. The first-order valence-corrected chi connectivity index (χ1v) is 8.53. The SMILES string of the molecule is O=C(COc1ccc(Br)cc1F)NNC(=O)Cc1c[nH]c2ccccc12. The van der Waals surface area contributed by atoms with E-state index in [0.717, 1.165) is 16.5 Å². The van der Waals surface area contributed by atoms with Crippen molar-refractivity contribution in [3.05, 3.63) is 64.5 Å². The predicted octanol–water partition coefficient (Wildman–Crippen LogP) is 2.84. The van der Waals surface area contributed by atoms with Crippen molar-refractivity contribution in [1.82, 2.24) is 15.8 Å². The Balaban J connectivity index is 1.47. The van der Waals surface area contributed by atoms with Gasteiger partial charge in [-0.3, -0.25) is 20.4 Å². The normalized spacial score (nSPS) is 10.5. The van der Waals surface area contributed by atoms with E-state index in [1.165, 1.54) is 12.1 Å². The summed E-state index contributed by atoms with van der Waals surface area (Å²) in [5, 5.41) is 0.947. The molecule has 0 bridgehead atoms. The summed E-state index contributed by atoms with van der Waals surface area (Å²) >= 11 is 3.13. The van der Waals surface area contributed by atoms with Crippen LogP contribution in [0.5, 0.6) is 5.75 Å². The van der Waals surface area contributed by atoms with E-state index in [4.69, 9.17) is 4.74 Å². The third kappa shape index (κ3) is 4.40. The summed E-state index contributed by atoms with van der Waals surface area (Å²) in [6, 6.07) is 11.8. The number of carbonyl (C=O) groups is 2. The Bertz CT molecular complexity index is 958. The van der Waals surface area contributed by atoms with Crippen LogP contribution in [0.2, 0.25) is 0 Å². The quantitative estimate of drug-likeness (QED) is 0.556. The molecule has 0 saturated carbocycles. The molecule has 0 atom stereocenters. The lowest BCUT2D eigenvalue weighted by Gasteiger charge is -2.09. The average molecular weight is 420 g/mol. The number of ether oxygens (including phenoxy) is 1. The summed E-state index contributed by atoms with van der Waals surface area (Å²) in [5.74, 6) is -1.61. The number of hydrogen-bond donors (Lipinski definition) is 3. The number of H-pyrrole nitrogens is 1. The van der Waals surface area contributed by atoms with Crippen molar-refractivity contribution in [2.24, 2.45) is 0 Å². The summed E-state index contributed by atoms with van der Waals surface area (Å²) in [5.41, 5.74) is 6.30. The summed E-state index contributed by atoms with van der Waals surface area (Å²) in [4.78, 5) is 26.8. The molecule has 0 saturated heterocycles. The van der Waals surface area contributed by atoms with Gasteiger partial charge in [0.25, 0.3) is 5.91 Å². The van der Waals surface area contributed by atoms with E-state index >= 15 is 0 Å². The minimum Gasteiger partial charge on any atom is -0.481 e. The predicted molar refractivity (Wildman–Crippen MR) is 97.9 cm³/mol. The third-order valence-electron chi connectivity index (χ3n) is 3.62. The van der Waals surface area contributed by atoms with Gasteiger partial charge >= 0.3 is 0 Å². The van der Waals surface area contributed by atoms with Crippen molar-refractivity contribution >= 4 is 38.6 Å². The second kappa shape index (κ2) is 8.01. The van der Waals surface area contributed by atoms with Gasteiger partial charge in [0.15, 0.2) is 18.2 Å². The molecule has 3 N–H and O–H groups in total. The molecule has 26 heavy (non-hydrogen) atoms. The molecule has 3 rings (SSSR count). The Morgan fingerprint density at radius 2 is 1.88 bits per heavy atom. The smallest absolute Gasteiger partial charge is 0.276 e. The van der Waals surface area contributed by atoms with Crippen LogP contribution in [0.3, 0.4) is 0 Å². The van der Waals surface area contributed by atoms with Gasteiger partial charge in [0, 0.05) is 21.6 Å². The molecule has 0 unspecified atom stereocenters. The molecule has 0 spiro atoms. The molecule has 0 fully saturated rings. The van der Waals surface area contributed by atoms with Gasteiger partial charge in [-0.15, -0.1) is 0 Å². The Morgan fingerprint density at radius 3 is 2.69 bits per heavy atom. The van der Waals surface area contributed by atoms with Crippen LogP contribution in [0.25, 0.3) is 10.9 Å². The van der Waals surface area contributed by atoms with Crippen LogP contribution in [0.1, 0.15) is 5.56 Å². The first-order valence-electron chi connectivity index (χ1n) is 7.73. The van der Waals surface area contributed by atoms with Crippen LogP contribution >= 0.6 is 15.9 Å². The Hall–Kier alpha value is -2.87. The lowest BCUT2D eigenvalue weighted by Crippen LogP contribution is -2.44. The largest absolute Gasteiger partial charge is 0.481 e. The van der Waals surface area contributed by atoms with Gasteiger partial charge in [0.2, 0.25) is 5.91 Å². The number of aromatic amines is 1. The second-order valence-corrected chi connectivity index (χ2v) is 6.41. The molecule has 1 heterocycles. The second-order valence-electron chi connectivity index (χ2n) is 5.50. The topological polar surface area (TPSA) is 83.2 Å². The van der Waals surface area contributed by atoms with Gasteiger partial charge in [0.05, 0.1) is 6.42 Å². The van der Waals surface area contributed by atoms with E-state index in [-0.39, 0.29) is 18.1 Å². The summed E-state index contributed by atoms with van der Waals surface area (Å²) in [6.45, 7) is -0.425. The maximum absolute atomic E-state index is 13.6. The molecule has 6 nitrogen and oxygen atoms in total. The number of fused-ring (bicyclic) bond motifs is 1.